The zero-order valence-corrected chi connectivity index (χ0v) is 22.7. The minimum absolute atomic E-state index is 0.186. The highest BCUT2D eigenvalue weighted by Gasteiger charge is 2.17. The number of anilines is 2. The van der Waals surface area contributed by atoms with Crippen LogP contribution in [0.4, 0.5) is 11.4 Å². The number of carbonyl (C=O) groups excluding carboxylic acids is 1. The molecule has 1 aliphatic rings. The Morgan fingerprint density at radius 2 is 1.72 bits per heavy atom. The number of nitrogens with one attached hydrogen (secondary N) is 1. The number of amides is 1. The van der Waals surface area contributed by atoms with Gasteiger partial charge in [0, 0.05) is 46.7 Å². The van der Waals surface area contributed by atoms with Crippen LogP contribution in [0.2, 0.25) is 0 Å². The third kappa shape index (κ3) is 6.67. The Labute approximate surface area is 233 Å². The molecule has 0 saturated carbocycles. The summed E-state index contributed by atoms with van der Waals surface area (Å²) >= 11 is 1.54. The third-order valence-corrected chi connectivity index (χ3v) is 7.90. The molecule has 1 aromatic heterocycles. The number of aryl methyl sites for hydroxylation is 1. The molecular weight excluding hydrogens is 506 g/mol. The number of pyridine rings is 1. The Hall–Kier alpha value is -4.10. The number of carboxylic acids is 1. The smallest absolute Gasteiger partial charge is 0.335 e. The molecule has 1 aliphatic heterocycles. The van der Waals surface area contributed by atoms with E-state index in [1.807, 2.05) is 49.4 Å². The fourth-order valence-electron chi connectivity index (χ4n) is 4.77. The number of thioether (sulfide) groups is 1. The van der Waals surface area contributed by atoms with Crippen LogP contribution in [0.3, 0.4) is 0 Å². The van der Waals surface area contributed by atoms with Crippen molar-refractivity contribution >= 4 is 35.0 Å². The van der Waals surface area contributed by atoms with Gasteiger partial charge in [-0.25, -0.2) is 4.79 Å². The standard InChI is InChI=1S/C32H31N3O3S/c1-22-13-14-33-30(17-22)28-20-26(35-15-3-2-4-16-35)11-12-29(28)34-31(36)24-8-5-7-23(18-24)21-39-27-10-6-9-25(19-27)32(37)38/h5-14,17-20H,2-4,15-16,21H2,1H3,(H,34,36)(H,37,38). The largest absolute Gasteiger partial charge is 0.478 e. The molecule has 2 N–H and O–H groups in total. The van der Waals surface area contributed by atoms with Crippen molar-refractivity contribution in [3.63, 3.8) is 0 Å². The molecule has 0 atom stereocenters. The van der Waals surface area contributed by atoms with E-state index < -0.39 is 5.97 Å². The number of aromatic carboxylic acids is 1. The summed E-state index contributed by atoms with van der Waals surface area (Å²) in [6, 6.07) is 24.6. The van der Waals surface area contributed by atoms with Gasteiger partial charge in [-0.05, 0) is 98.0 Å². The molecule has 0 aliphatic carbocycles. The van der Waals surface area contributed by atoms with E-state index in [0.29, 0.717) is 11.3 Å². The zero-order chi connectivity index (χ0) is 27.2. The number of rotatable bonds is 8. The SMILES string of the molecule is Cc1ccnc(-c2cc(N3CCCCC3)ccc2NC(=O)c2cccc(CSc3cccc(C(=O)O)c3)c2)c1. The molecule has 0 spiro atoms. The van der Waals surface area contributed by atoms with E-state index in [0.717, 1.165) is 51.7 Å². The lowest BCUT2D eigenvalue weighted by atomic mass is 10.0. The molecule has 6 nitrogen and oxygen atoms in total. The highest BCUT2D eigenvalue weighted by Crippen LogP contribution is 2.33. The molecule has 39 heavy (non-hydrogen) atoms. The van der Waals surface area contributed by atoms with Crippen LogP contribution in [-0.4, -0.2) is 35.1 Å². The van der Waals surface area contributed by atoms with Gasteiger partial charge in [0.15, 0.2) is 0 Å². The number of carbonyl (C=O) groups is 2. The van der Waals surface area contributed by atoms with E-state index in [1.165, 1.54) is 31.0 Å². The van der Waals surface area contributed by atoms with Gasteiger partial charge in [-0.2, -0.15) is 0 Å². The van der Waals surface area contributed by atoms with E-state index in [2.05, 4.69) is 27.3 Å². The van der Waals surface area contributed by atoms with Gasteiger partial charge < -0.3 is 15.3 Å². The van der Waals surface area contributed by atoms with Crippen molar-refractivity contribution in [3.8, 4) is 11.3 Å². The van der Waals surface area contributed by atoms with Gasteiger partial charge in [0.25, 0.3) is 5.91 Å². The van der Waals surface area contributed by atoms with E-state index >= 15 is 0 Å². The fraction of sp³-hybridized carbons (Fsp3) is 0.219. The zero-order valence-electron chi connectivity index (χ0n) is 21.9. The normalized spacial score (nSPS) is 13.2. The van der Waals surface area contributed by atoms with Crippen molar-refractivity contribution < 1.29 is 14.7 Å². The Morgan fingerprint density at radius 1 is 0.923 bits per heavy atom. The van der Waals surface area contributed by atoms with Gasteiger partial charge in [0.05, 0.1) is 16.9 Å². The molecule has 7 heteroatoms. The highest BCUT2D eigenvalue weighted by molar-refractivity contribution is 7.98. The second-order valence-corrected chi connectivity index (χ2v) is 10.8. The fourth-order valence-corrected chi connectivity index (χ4v) is 5.67. The highest BCUT2D eigenvalue weighted by atomic mass is 32.2. The molecule has 2 heterocycles. The van der Waals surface area contributed by atoms with E-state index in [9.17, 15) is 14.7 Å². The summed E-state index contributed by atoms with van der Waals surface area (Å²) < 4.78 is 0. The molecule has 198 valence electrons. The van der Waals surface area contributed by atoms with Crippen LogP contribution in [-0.2, 0) is 5.75 Å². The molecule has 1 saturated heterocycles. The van der Waals surface area contributed by atoms with Crippen LogP contribution in [0.1, 0.15) is 51.1 Å². The molecule has 1 amide bonds. The topological polar surface area (TPSA) is 82.5 Å². The van der Waals surface area contributed by atoms with E-state index in [1.54, 1.807) is 30.5 Å². The Balaban J connectivity index is 1.36. The van der Waals surface area contributed by atoms with Gasteiger partial charge in [-0.1, -0.05) is 18.2 Å². The monoisotopic (exact) mass is 537 g/mol. The van der Waals surface area contributed by atoms with E-state index in [4.69, 9.17) is 0 Å². The molecule has 3 aromatic carbocycles. The number of hydrogen-bond acceptors (Lipinski definition) is 5. The van der Waals surface area contributed by atoms with Gasteiger partial charge >= 0.3 is 5.97 Å². The van der Waals surface area contributed by atoms with Crippen molar-refractivity contribution in [2.45, 2.75) is 36.8 Å². The van der Waals surface area contributed by atoms with Crippen LogP contribution in [0.25, 0.3) is 11.3 Å². The number of aromatic nitrogens is 1. The number of nitrogens with zero attached hydrogens (tertiary/aromatic N) is 2. The summed E-state index contributed by atoms with van der Waals surface area (Å²) in [7, 11) is 0. The Morgan fingerprint density at radius 3 is 2.51 bits per heavy atom. The first kappa shape index (κ1) is 26.5. The maximum Gasteiger partial charge on any atom is 0.335 e. The molecular formula is C32H31N3O3S. The van der Waals surface area contributed by atoms with Crippen LogP contribution < -0.4 is 10.2 Å². The van der Waals surface area contributed by atoms with Gasteiger partial charge in [0.2, 0.25) is 0 Å². The molecule has 0 bridgehead atoms. The van der Waals surface area contributed by atoms with Crippen LogP contribution in [0.15, 0.2) is 90.0 Å². The maximum atomic E-state index is 13.4. The van der Waals surface area contributed by atoms with Crippen LogP contribution in [0.5, 0.6) is 0 Å². The minimum atomic E-state index is -0.944. The van der Waals surface area contributed by atoms with Crippen LogP contribution in [0, 0.1) is 6.92 Å². The number of carboxylic acid groups (broad SMARTS) is 1. The van der Waals surface area contributed by atoms with E-state index in [-0.39, 0.29) is 11.5 Å². The number of piperidine rings is 1. The predicted molar refractivity (Wildman–Crippen MR) is 158 cm³/mol. The summed E-state index contributed by atoms with van der Waals surface area (Å²) in [5, 5.41) is 12.4. The first-order chi connectivity index (χ1) is 19.0. The van der Waals surface area contributed by atoms with Gasteiger partial charge in [0.1, 0.15) is 0 Å². The van der Waals surface area contributed by atoms with Crippen molar-refractivity contribution in [2.24, 2.45) is 0 Å². The average molecular weight is 538 g/mol. The van der Waals surface area contributed by atoms with Crippen molar-refractivity contribution in [2.75, 3.05) is 23.3 Å². The lowest BCUT2D eigenvalue weighted by Crippen LogP contribution is -2.29. The molecule has 4 aromatic rings. The first-order valence-corrected chi connectivity index (χ1v) is 14.1. The van der Waals surface area contributed by atoms with Crippen molar-refractivity contribution in [3.05, 3.63) is 107 Å². The lowest BCUT2D eigenvalue weighted by Gasteiger charge is -2.29. The first-order valence-electron chi connectivity index (χ1n) is 13.1. The molecule has 5 rings (SSSR count). The van der Waals surface area contributed by atoms with Crippen molar-refractivity contribution in [1.82, 2.24) is 4.98 Å². The van der Waals surface area contributed by atoms with Crippen LogP contribution >= 0.6 is 11.8 Å². The number of benzene rings is 3. The Kier molecular flexibility index (Phi) is 8.27. The second kappa shape index (κ2) is 12.2. The lowest BCUT2D eigenvalue weighted by molar-refractivity contribution is 0.0696. The van der Waals surface area contributed by atoms with Crippen molar-refractivity contribution in [1.29, 1.82) is 0 Å². The maximum absolute atomic E-state index is 13.4. The summed E-state index contributed by atoms with van der Waals surface area (Å²) in [5.41, 5.74) is 6.53. The van der Waals surface area contributed by atoms with Gasteiger partial charge in [-0.15, -0.1) is 11.8 Å². The summed E-state index contributed by atoms with van der Waals surface area (Å²) in [4.78, 5) is 32.5. The quantitative estimate of drug-likeness (QED) is 0.230. The minimum Gasteiger partial charge on any atom is -0.478 e. The third-order valence-electron chi connectivity index (χ3n) is 6.84. The molecule has 0 unspecified atom stereocenters. The summed E-state index contributed by atoms with van der Waals surface area (Å²) in [5.74, 6) is -0.512. The predicted octanol–water partition coefficient (Wildman–Crippen LogP) is 7.29. The summed E-state index contributed by atoms with van der Waals surface area (Å²) in [6.07, 6.45) is 5.45. The van der Waals surface area contributed by atoms with Gasteiger partial charge in [-0.3, -0.25) is 9.78 Å². The second-order valence-electron chi connectivity index (χ2n) is 9.77. The number of hydrogen-bond donors (Lipinski definition) is 2. The summed E-state index contributed by atoms with van der Waals surface area (Å²) in [6.45, 7) is 4.12. The molecule has 0 radical (unpaired) electrons. The average Bonchev–Trinajstić information content (AvgIpc) is 2.97. The Bertz CT molecular complexity index is 1500. The molecule has 1 fully saturated rings.